The van der Waals surface area contributed by atoms with E-state index in [-0.39, 0.29) is 11.6 Å². The number of hydrogen-bond acceptors (Lipinski definition) is 5. The van der Waals surface area contributed by atoms with Crippen molar-refractivity contribution in [3.05, 3.63) is 71.5 Å². The maximum Gasteiger partial charge on any atom is 0.274 e. The predicted molar refractivity (Wildman–Crippen MR) is 97.7 cm³/mol. The lowest BCUT2D eigenvalue weighted by molar-refractivity contribution is 0.102. The Hall–Kier alpha value is -3.12. The minimum absolute atomic E-state index is 0.251. The lowest BCUT2D eigenvalue weighted by atomic mass is 10.3. The van der Waals surface area contributed by atoms with Gasteiger partial charge < -0.3 is 15.4 Å². The lowest BCUT2D eigenvalue weighted by Gasteiger charge is -2.08. The molecule has 0 aliphatic carbocycles. The highest BCUT2D eigenvalue weighted by Crippen LogP contribution is 2.18. The monoisotopic (exact) mass is 354 g/mol. The van der Waals surface area contributed by atoms with Crippen LogP contribution in [0.15, 0.2) is 60.8 Å². The van der Waals surface area contributed by atoms with Crippen molar-refractivity contribution in [2.24, 2.45) is 0 Å². The number of benzene rings is 2. The molecule has 0 aliphatic heterocycles. The molecule has 0 unspecified atom stereocenters. The highest BCUT2D eigenvalue weighted by molar-refractivity contribution is 6.30. The molecule has 6 nitrogen and oxygen atoms in total. The van der Waals surface area contributed by atoms with E-state index in [1.54, 1.807) is 37.4 Å². The third-order valence-electron chi connectivity index (χ3n) is 3.34. The zero-order valence-electron chi connectivity index (χ0n) is 13.4. The number of carbonyl (C=O) groups is 1. The summed E-state index contributed by atoms with van der Waals surface area (Å²) in [5.41, 5.74) is 1.68. The SMILES string of the molecule is COc1ccc(Nc2nccc(C(=O)Nc3ccc(Cl)cc3)n2)cc1. The molecule has 1 amide bonds. The first kappa shape index (κ1) is 16.7. The van der Waals surface area contributed by atoms with Crippen LogP contribution in [-0.2, 0) is 0 Å². The fourth-order valence-electron chi connectivity index (χ4n) is 2.08. The van der Waals surface area contributed by atoms with E-state index in [2.05, 4.69) is 20.6 Å². The van der Waals surface area contributed by atoms with E-state index in [0.29, 0.717) is 16.7 Å². The summed E-state index contributed by atoms with van der Waals surface area (Å²) in [6.07, 6.45) is 1.52. The fourth-order valence-corrected chi connectivity index (χ4v) is 2.20. The summed E-state index contributed by atoms with van der Waals surface area (Å²) in [5, 5.41) is 6.41. The number of amides is 1. The number of ether oxygens (including phenoxy) is 1. The number of hydrogen-bond donors (Lipinski definition) is 2. The minimum Gasteiger partial charge on any atom is -0.497 e. The van der Waals surface area contributed by atoms with Crippen molar-refractivity contribution in [1.29, 1.82) is 0 Å². The molecule has 0 saturated heterocycles. The van der Waals surface area contributed by atoms with E-state index in [0.717, 1.165) is 11.4 Å². The molecule has 2 N–H and O–H groups in total. The number of halogens is 1. The van der Waals surface area contributed by atoms with Gasteiger partial charge in [0.1, 0.15) is 11.4 Å². The van der Waals surface area contributed by atoms with Crippen molar-refractivity contribution in [2.45, 2.75) is 0 Å². The molecule has 0 spiro atoms. The molecule has 0 atom stereocenters. The molecule has 2 aromatic carbocycles. The van der Waals surface area contributed by atoms with Gasteiger partial charge in [0.25, 0.3) is 5.91 Å². The van der Waals surface area contributed by atoms with Gasteiger partial charge in [0, 0.05) is 22.6 Å². The number of anilines is 3. The van der Waals surface area contributed by atoms with Gasteiger partial charge in [-0.25, -0.2) is 9.97 Å². The van der Waals surface area contributed by atoms with Crippen molar-refractivity contribution < 1.29 is 9.53 Å². The number of rotatable bonds is 5. The molecule has 0 aliphatic rings. The minimum atomic E-state index is -0.331. The summed E-state index contributed by atoms with van der Waals surface area (Å²) in [5.74, 6) is 0.749. The van der Waals surface area contributed by atoms with Crippen LogP contribution in [0.5, 0.6) is 5.75 Å². The molecule has 126 valence electrons. The Morgan fingerprint density at radius 2 is 1.68 bits per heavy atom. The number of methoxy groups -OCH3 is 1. The number of carbonyl (C=O) groups excluding carboxylic acids is 1. The molecule has 1 aromatic heterocycles. The van der Waals surface area contributed by atoms with Crippen LogP contribution in [0.3, 0.4) is 0 Å². The van der Waals surface area contributed by atoms with Crippen LogP contribution in [0.1, 0.15) is 10.5 Å². The first-order chi connectivity index (χ1) is 12.1. The summed E-state index contributed by atoms with van der Waals surface area (Å²) in [7, 11) is 1.61. The Kier molecular flexibility index (Phi) is 5.11. The molecule has 25 heavy (non-hydrogen) atoms. The van der Waals surface area contributed by atoms with E-state index >= 15 is 0 Å². The molecule has 3 rings (SSSR count). The molecule has 0 fully saturated rings. The Labute approximate surface area is 149 Å². The molecule has 0 radical (unpaired) electrons. The molecule has 7 heteroatoms. The zero-order valence-corrected chi connectivity index (χ0v) is 14.1. The first-order valence-electron chi connectivity index (χ1n) is 7.45. The smallest absolute Gasteiger partial charge is 0.274 e. The highest BCUT2D eigenvalue weighted by Gasteiger charge is 2.09. The van der Waals surface area contributed by atoms with Gasteiger partial charge in [0.2, 0.25) is 5.95 Å². The van der Waals surface area contributed by atoms with Gasteiger partial charge in [-0.1, -0.05) is 11.6 Å². The van der Waals surface area contributed by atoms with E-state index in [1.807, 2.05) is 24.3 Å². The van der Waals surface area contributed by atoms with Crippen molar-refractivity contribution in [1.82, 2.24) is 9.97 Å². The largest absolute Gasteiger partial charge is 0.497 e. The van der Waals surface area contributed by atoms with Gasteiger partial charge in [0.05, 0.1) is 7.11 Å². The van der Waals surface area contributed by atoms with Crippen molar-refractivity contribution in [3.63, 3.8) is 0 Å². The van der Waals surface area contributed by atoms with Crippen LogP contribution >= 0.6 is 11.6 Å². The van der Waals surface area contributed by atoms with Crippen LogP contribution in [0, 0.1) is 0 Å². The second kappa shape index (κ2) is 7.63. The second-order valence-electron chi connectivity index (χ2n) is 5.08. The van der Waals surface area contributed by atoms with Gasteiger partial charge in [-0.15, -0.1) is 0 Å². The summed E-state index contributed by atoms with van der Waals surface area (Å²) >= 11 is 5.83. The topological polar surface area (TPSA) is 76.1 Å². The molecule has 1 heterocycles. The van der Waals surface area contributed by atoms with Crippen LogP contribution in [0.4, 0.5) is 17.3 Å². The molecular weight excluding hydrogens is 340 g/mol. The maximum absolute atomic E-state index is 12.3. The molecule has 3 aromatic rings. The van der Waals surface area contributed by atoms with Crippen molar-refractivity contribution in [2.75, 3.05) is 17.7 Å². The average molecular weight is 355 g/mol. The summed E-state index contributed by atoms with van der Waals surface area (Å²) in [6.45, 7) is 0. The Morgan fingerprint density at radius 3 is 2.36 bits per heavy atom. The zero-order chi connectivity index (χ0) is 17.6. The molecular formula is C18H15ClN4O2. The van der Waals surface area contributed by atoms with E-state index in [1.165, 1.54) is 6.20 Å². The second-order valence-corrected chi connectivity index (χ2v) is 5.52. The number of nitrogens with zero attached hydrogens (tertiary/aromatic N) is 2. The normalized spacial score (nSPS) is 10.2. The van der Waals surface area contributed by atoms with Crippen molar-refractivity contribution in [3.8, 4) is 5.75 Å². The standard InChI is InChI=1S/C18H15ClN4O2/c1-25-15-8-6-14(7-9-15)22-18-20-11-10-16(23-18)17(24)21-13-4-2-12(19)3-5-13/h2-11H,1H3,(H,21,24)(H,20,22,23). The Bertz CT molecular complexity index is 867. The fraction of sp³-hybridized carbons (Fsp3) is 0.0556. The quantitative estimate of drug-likeness (QED) is 0.720. The molecule has 0 bridgehead atoms. The Balaban J connectivity index is 1.71. The maximum atomic E-state index is 12.3. The molecule has 0 saturated carbocycles. The van der Waals surface area contributed by atoms with E-state index < -0.39 is 0 Å². The summed E-state index contributed by atoms with van der Waals surface area (Å²) in [4.78, 5) is 20.7. The van der Waals surface area contributed by atoms with Crippen LogP contribution < -0.4 is 15.4 Å². The van der Waals surface area contributed by atoms with E-state index in [9.17, 15) is 4.79 Å². The highest BCUT2D eigenvalue weighted by atomic mass is 35.5. The van der Waals surface area contributed by atoms with Gasteiger partial charge >= 0.3 is 0 Å². The number of nitrogens with one attached hydrogen (secondary N) is 2. The van der Waals surface area contributed by atoms with Gasteiger partial charge in [-0.05, 0) is 54.6 Å². The van der Waals surface area contributed by atoms with Crippen LogP contribution in [0.25, 0.3) is 0 Å². The van der Waals surface area contributed by atoms with Crippen molar-refractivity contribution >= 4 is 34.8 Å². The first-order valence-corrected chi connectivity index (χ1v) is 7.83. The third kappa shape index (κ3) is 4.45. The lowest BCUT2D eigenvalue weighted by Crippen LogP contribution is -2.14. The Morgan fingerprint density at radius 1 is 1.00 bits per heavy atom. The van der Waals surface area contributed by atoms with Gasteiger partial charge in [-0.3, -0.25) is 4.79 Å². The van der Waals surface area contributed by atoms with Gasteiger partial charge in [0.15, 0.2) is 0 Å². The summed E-state index contributed by atoms with van der Waals surface area (Å²) < 4.78 is 5.11. The average Bonchev–Trinajstić information content (AvgIpc) is 2.64. The van der Waals surface area contributed by atoms with Crippen LogP contribution in [-0.4, -0.2) is 23.0 Å². The predicted octanol–water partition coefficient (Wildman–Crippen LogP) is 4.13. The third-order valence-corrected chi connectivity index (χ3v) is 3.59. The van der Waals surface area contributed by atoms with Crippen LogP contribution in [0.2, 0.25) is 5.02 Å². The van der Waals surface area contributed by atoms with Gasteiger partial charge in [-0.2, -0.15) is 0 Å². The van der Waals surface area contributed by atoms with E-state index in [4.69, 9.17) is 16.3 Å². The number of aromatic nitrogens is 2. The summed E-state index contributed by atoms with van der Waals surface area (Å²) in [6, 6.07) is 15.7.